The first kappa shape index (κ1) is 15.4. The van der Waals surface area contributed by atoms with Gasteiger partial charge in [-0.3, -0.25) is 4.79 Å². The maximum Gasteiger partial charge on any atom is 0.303 e. The Morgan fingerprint density at radius 1 is 1.38 bits per heavy atom. The van der Waals surface area contributed by atoms with Gasteiger partial charge in [0.1, 0.15) is 11.4 Å². The molecule has 0 aliphatic carbocycles. The summed E-state index contributed by atoms with van der Waals surface area (Å²) in [5, 5.41) is 13.1. The van der Waals surface area contributed by atoms with Crippen molar-refractivity contribution in [1.82, 2.24) is 4.98 Å². The molecule has 0 saturated carbocycles. The van der Waals surface area contributed by atoms with Gasteiger partial charge in [0.05, 0.1) is 11.6 Å². The van der Waals surface area contributed by atoms with Crippen molar-refractivity contribution in [2.75, 3.05) is 11.9 Å². The molecule has 114 valence electrons. The molecule has 0 fully saturated rings. The summed E-state index contributed by atoms with van der Waals surface area (Å²) in [6.45, 7) is 5.06. The number of carboxylic acid groups (broad SMARTS) is 1. The lowest BCUT2D eigenvalue weighted by molar-refractivity contribution is -0.137. The summed E-state index contributed by atoms with van der Waals surface area (Å²) in [5.74, 6) is 0.974. The van der Waals surface area contributed by atoms with E-state index in [1.807, 2.05) is 12.1 Å². The Balaban J connectivity index is 1.89. The third-order valence-electron chi connectivity index (χ3n) is 3.86. The van der Waals surface area contributed by atoms with Crippen LogP contribution in [0, 0.1) is 11.8 Å². The van der Waals surface area contributed by atoms with Gasteiger partial charge in [0, 0.05) is 19.2 Å². The van der Waals surface area contributed by atoms with Crippen LogP contribution in [0.2, 0.25) is 0 Å². The average molecular weight is 290 g/mol. The number of rotatable bonds is 8. The minimum Gasteiger partial charge on any atom is -0.481 e. The second-order valence-electron chi connectivity index (χ2n) is 5.64. The summed E-state index contributed by atoms with van der Waals surface area (Å²) >= 11 is 0. The zero-order valence-corrected chi connectivity index (χ0v) is 12.5. The topological polar surface area (TPSA) is 75.4 Å². The highest BCUT2D eigenvalue weighted by Gasteiger charge is 2.15. The number of hydrogen-bond acceptors (Lipinski definition) is 4. The zero-order valence-electron chi connectivity index (χ0n) is 12.5. The number of aromatic nitrogens is 1. The fourth-order valence-corrected chi connectivity index (χ4v) is 2.53. The van der Waals surface area contributed by atoms with E-state index in [0.717, 1.165) is 36.2 Å². The fraction of sp³-hybridized carbons (Fsp3) is 0.500. The number of nitrogens with zero attached hydrogens (tertiary/aromatic N) is 1. The molecule has 0 amide bonds. The quantitative estimate of drug-likeness (QED) is 0.774. The second-order valence-corrected chi connectivity index (χ2v) is 5.64. The molecule has 21 heavy (non-hydrogen) atoms. The summed E-state index contributed by atoms with van der Waals surface area (Å²) in [6.07, 6.45) is 5.26. The molecule has 2 aromatic rings. The lowest BCUT2D eigenvalue weighted by Crippen LogP contribution is -2.16. The van der Waals surface area contributed by atoms with Crippen LogP contribution in [0.3, 0.4) is 0 Å². The Morgan fingerprint density at radius 2 is 2.19 bits per heavy atom. The number of carboxylic acids is 1. The van der Waals surface area contributed by atoms with E-state index in [0.29, 0.717) is 11.8 Å². The standard InChI is InChI=1S/C16H22N2O3/c1-11(2)12(3-4-15(19)20)5-8-17-16-13-7-10-21-14(13)6-9-18-16/h6-7,9-12H,3-5,8H2,1-2H3,(H,17,18)(H,19,20). The van der Waals surface area contributed by atoms with Gasteiger partial charge in [-0.05, 0) is 36.8 Å². The number of anilines is 1. The highest BCUT2D eigenvalue weighted by molar-refractivity contribution is 5.87. The first-order valence-corrected chi connectivity index (χ1v) is 7.36. The van der Waals surface area contributed by atoms with E-state index in [-0.39, 0.29) is 6.42 Å². The van der Waals surface area contributed by atoms with Gasteiger partial charge in [-0.2, -0.15) is 0 Å². The molecule has 5 heteroatoms. The van der Waals surface area contributed by atoms with Gasteiger partial charge in [0.2, 0.25) is 0 Å². The van der Waals surface area contributed by atoms with Crippen LogP contribution in [0.5, 0.6) is 0 Å². The van der Waals surface area contributed by atoms with Crippen molar-refractivity contribution >= 4 is 22.8 Å². The van der Waals surface area contributed by atoms with E-state index in [1.165, 1.54) is 0 Å². The Labute approximate surface area is 124 Å². The average Bonchev–Trinajstić information content (AvgIpc) is 2.91. The number of aliphatic carboxylic acids is 1. The van der Waals surface area contributed by atoms with Crippen molar-refractivity contribution in [3.05, 3.63) is 24.6 Å². The number of furan rings is 1. The molecule has 0 radical (unpaired) electrons. The molecule has 2 rings (SSSR count). The smallest absolute Gasteiger partial charge is 0.303 e. The first-order chi connectivity index (χ1) is 10.1. The Morgan fingerprint density at radius 3 is 2.90 bits per heavy atom. The van der Waals surface area contributed by atoms with E-state index < -0.39 is 5.97 Å². The van der Waals surface area contributed by atoms with Gasteiger partial charge in [-0.15, -0.1) is 0 Å². The Hall–Kier alpha value is -2.04. The van der Waals surface area contributed by atoms with Crippen molar-refractivity contribution in [2.24, 2.45) is 11.8 Å². The van der Waals surface area contributed by atoms with Crippen LogP contribution < -0.4 is 5.32 Å². The van der Waals surface area contributed by atoms with E-state index >= 15 is 0 Å². The van der Waals surface area contributed by atoms with Crippen LogP contribution in [0.25, 0.3) is 11.0 Å². The van der Waals surface area contributed by atoms with Crippen LogP contribution in [0.4, 0.5) is 5.82 Å². The van der Waals surface area contributed by atoms with E-state index in [9.17, 15) is 4.79 Å². The number of fused-ring (bicyclic) bond motifs is 1. The molecule has 0 aliphatic rings. The molecule has 1 unspecified atom stereocenters. The molecule has 0 aromatic carbocycles. The molecule has 2 N–H and O–H groups in total. The summed E-state index contributed by atoms with van der Waals surface area (Å²) in [4.78, 5) is 15.0. The minimum atomic E-state index is -0.724. The predicted octanol–water partition coefficient (Wildman–Crippen LogP) is 3.77. The lowest BCUT2D eigenvalue weighted by atomic mass is 9.88. The summed E-state index contributed by atoms with van der Waals surface area (Å²) < 4.78 is 5.34. The monoisotopic (exact) mass is 290 g/mol. The molecule has 0 aliphatic heterocycles. The normalized spacial score (nSPS) is 12.7. The van der Waals surface area contributed by atoms with Gasteiger partial charge in [-0.1, -0.05) is 13.8 Å². The van der Waals surface area contributed by atoms with Crippen molar-refractivity contribution in [3.8, 4) is 0 Å². The summed E-state index contributed by atoms with van der Waals surface area (Å²) in [5.41, 5.74) is 0.818. The largest absolute Gasteiger partial charge is 0.481 e. The molecule has 0 saturated heterocycles. The molecular weight excluding hydrogens is 268 g/mol. The molecule has 1 atom stereocenters. The first-order valence-electron chi connectivity index (χ1n) is 7.36. The minimum absolute atomic E-state index is 0.235. The lowest BCUT2D eigenvalue weighted by Gasteiger charge is -2.20. The molecule has 2 aromatic heterocycles. The van der Waals surface area contributed by atoms with Crippen molar-refractivity contribution < 1.29 is 14.3 Å². The summed E-state index contributed by atoms with van der Waals surface area (Å²) in [7, 11) is 0. The van der Waals surface area contributed by atoms with Crippen molar-refractivity contribution in [2.45, 2.75) is 33.1 Å². The summed E-state index contributed by atoms with van der Waals surface area (Å²) in [6, 6.07) is 3.74. The van der Waals surface area contributed by atoms with Gasteiger partial charge < -0.3 is 14.8 Å². The number of hydrogen-bond donors (Lipinski definition) is 2. The van der Waals surface area contributed by atoms with E-state index in [1.54, 1.807) is 12.5 Å². The van der Waals surface area contributed by atoms with Crippen LogP contribution in [-0.4, -0.2) is 22.6 Å². The predicted molar refractivity (Wildman–Crippen MR) is 82.3 cm³/mol. The Kier molecular flexibility index (Phi) is 5.20. The maximum atomic E-state index is 10.7. The highest BCUT2D eigenvalue weighted by atomic mass is 16.4. The third kappa shape index (κ3) is 4.21. The Bertz CT molecular complexity index is 592. The molecular formula is C16H22N2O3. The van der Waals surface area contributed by atoms with Crippen molar-refractivity contribution in [3.63, 3.8) is 0 Å². The molecule has 0 bridgehead atoms. The van der Waals surface area contributed by atoms with Gasteiger partial charge in [0.25, 0.3) is 0 Å². The highest BCUT2D eigenvalue weighted by Crippen LogP contribution is 2.24. The molecule has 5 nitrogen and oxygen atoms in total. The third-order valence-corrected chi connectivity index (χ3v) is 3.86. The van der Waals surface area contributed by atoms with Crippen LogP contribution in [0.1, 0.15) is 33.1 Å². The number of nitrogens with one attached hydrogen (secondary N) is 1. The maximum absolute atomic E-state index is 10.7. The van der Waals surface area contributed by atoms with Gasteiger partial charge >= 0.3 is 5.97 Å². The van der Waals surface area contributed by atoms with Crippen LogP contribution >= 0.6 is 0 Å². The van der Waals surface area contributed by atoms with E-state index in [2.05, 4.69) is 24.1 Å². The number of carbonyl (C=O) groups is 1. The number of pyridine rings is 1. The van der Waals surface area contributed by atoms with Crippen LogP contribution in [0.15, 0.2) is 29.0 Å². The van der Waals surface area contributed by atoms with Gasteiger partial charge in [0.15, 0.2) is 0 Å². The fourth-order valence-electron chi connectivity index (χ4n) is 2.53. The van der Waals surface area contributed by atoms with Crippen molar-refractivity contribution in [1.29, 1.82) is 0 Å². The zero-order chi connectivity index (χ0) is 15.2. The molecule has 2 heterocycles. The van der Waals surface area contributed by atoms with E-state index in [4.69, 9.17) is 9.52 Å². The molecule has 0 spiro atoms. The van der Waals surface area contributed by atoms with Gasteiger partial charge in [-0.25, -0.2) is 4.98 Å². The second kappa shape index (κ2) is 7.11. The van der Waals surface area contributed by atoms with Crippen LogP contribution in [-0.2, 0) is 4.79 Å². The SMILES string of the molecule is CC(C)C(CCNc1nccc2occc12)CCC(=O)O.